The molecule has 2 radical (unpaired) electrons. The molecule has 0 spiro atoms. The molecule has 1 N–H and O–H groups in total. The predicted octanol–water partition coefficient (Wildman–Crippen LogP) is -8.59. The fourth-order valence-electron chi connectivity index (χ4n) is 0.158. The van der Waals surface area contributed by atoms with Gasteiger partial charge in [-0.2, -0.15) is 0 Å². The number of unbranched alkanes of at least 4 members (excludes halogenated alkanes) is 1. The Hall–Kier alpha value is 1.65. The van der Waals surface area contributed by atoms with Crippen LogP contribution >= 0.6 is 0 Å². The minimum atomic E-state index is 0. The smallest absolute Gasteiger partial charge is 1.00 e. The van der Waals surface area contributed by atoms with E-state index in [0.29, 0.717) is 6.61 Å². The van der Waals surface area contributed by atoms with Gasteiger partial charge in [-0.25, -0.2) is 0 Å². The molecule has 0 atom stereocenters. The Bertz CT molecular complexity index is 23.3. The largest absolute Gasteiger partial charge is 3.00 e. The number of halogens is 3. The van der Waals surface area contributed by atoms with E-state index in [2.05, 4.69) is 6.92 Å². The van der Waals surface area contributed by atoms with E-state index in [1.165, 1.54) is 0 Å². The SMILES string of the molecule is CCCCO.[Cl-].[Cl-].[Cl-].[Sb+3]. The molecule has 5 heteroatoms. The Balaban J connectivity index is -0.0000000133. The van der Waals surface area contributed by atoms with Crippen LogP contribution in [-0.4, -0.2) is 36.1 Å². The molecule has 0 aromatic rings. The van der Waals surface area contributed by atoms with Crippen LogP contribution in [-0.2, 0) is 0 Å². The second kappa shape index (κ2) is 33.4. The van der Waals surface area contributed by atoms with Crippen molar-refractivity contribution in [3.8, 4) is 0 Å². The first-order valence-electron chi connectivity index (χ1n) is 2.02. The fraction of sp³-hybridized carbons (Fsp3) is 1.00. The number of rotatable bonds is 2. The van der Waals surface area contributed by atoms with E-state index in [1.807, 2.05) is 0 Å². The van der Waals surface area contributed by atoms with Gasteiger partial charge in [0, 0.05) is 6.61 Å². The molecule has 1 nitrogen and oxygen atoms in total. The van der Waals surface area contributed by atoms with Crippen LogP contribution in [0.1, 0.15) is 19.8 Å². The summed E-state index contributed by atoms with van der Waals surface area (Å²) in [5.74, 6) is 0. The molecule has 0 saturated heterocycles. The first-order chi connectivity index (χ1) is 2.41. The van der Waals surface area contributed by atoms with Crippen LogP contribution in [0, 0.1) is 0 Å². The summed E-state index contributed by atoms with van der Waals surface area (Å²) in [4.78, 5) is 0. The van der Waals surface area contributed by atoms with Crippen molar-refractivity contribution in [2.75, 3.05) is 6.61 Å². The van der Waals surface area contributed by atoms with E-state index in [4.69, 9.17) is 5.11 Å². The number of aliphatic hydroxyl groups excluding tert-OH is 1. The van der Waals surface area contributed by atoms with Gasteiger partial charge in [-0.3, -0.25) is 0 Å². The Morgan fingerprint density at radius 2 is 1.44 bits per heavy atom. The van der Waals surface area contributed by atoms with Gasteiger partial charge >= 0.3 is 24.4 Å². The van der Waals surface area contributed by atoms with Gasteiger partial charge < -0.3 is 42.3 Å². The first kappa shape index (κ1) is 31.1. The molecule has 0 fully saturated rings. The summed E-state index contributed by atoms with van der Waals surface area (Å²) in [5, 5.41) is 8.07. The fourth-order valence-corrected chi connectivity index (χ4v) is 0.158. The Morgan fingerprint density at radius 1 is 1.11 bits per heavy atom. The molecule has 58 valence electrons. The van der Waals surface area contributed by atoms with Gasteiger partial charge in [0.25, 0.3) is 0 Å². The molecule has 0 aliphatic rings. The summed E-state index contributed by atoms with van der Waals surface area (Å²) in [6.07, 6.45) is 2.04. The van der Waals surface area contributed by atoms with Crippen LogP contribution in [0.25, 0.3) is 0 Å². The average molecular weight is 302 g/mol. The van der Waals surface area contributed by atoms with E-state index < -0.39 is 0 Å². The van der Waals surface area contributed by atoms with Crippen molar-refractivity contribution >= 4 is 24.4 Å². The molecule has 0 bridgehead atoms. The van der Waals surface area contributed by atoms with Crippen molar-refractivity contribution < 1.29 is 42.3 Å². The van der Waals surface area contributed by atoms with E-state index in [1.54, 1.807) is 0 Å². The minimum absolute atomic E-state index is 0. The van der Waals surface area contributed by atoms with E-state index in [0.717, 1.165) is 12.8 Å². The third-order valence-electron chi connectivity index (χ3n) is 0.512. The predicted molar refractivity (Wildman–Crippen MR) is 27.7 cm³/mol. The van der Waals surface area contributed by atoms with E-state index in [9.17, 15) is 0 Å². The van der Waals surface area contributed by atoms with Crippen LogP contribution in [0.4, 0.5) is 0 Å². The Kier molecular flexibility index (Phi) is 115. The van der Waals surface area contributed by atoms with Crippen LogP contribution < -0.4 is 37.2 Å². The molecule has 0 rings (SSSR count). The molecule has 0 aromatic carbocycles. The van der Waals surface area contributed by atoms with Crippen molar-refractivity contribution in [3.63, 3.8) is 0 Å². The first-order valence-corrected chi connectivity index (χ1v) is 2.02. The van der Waals surface area contributed by atoms with Crippen molar-refractivity contribution in [2.24, 2.45) is 0 Å². The second-order valence-electron chi connectivity index (χ2n) is 1.08. The zero-order valence-electron chi connectivity index (χ0n) is 5.15. The van der Waals surface area contributed by atoms with Crippen LogP contribution in [0.3, 0.4) is 0 Å². The molecule has 0 amide bonds. The van der Waals surface area contributed by atoms with Gasteiger partial charge in [-0.1, -0.05) is 13.3 Å². The van der Waals surface area contributed by atoms with Crippen molar-refractivity contribution in [1.29, 1.82) is 0 Å². The molecule has 0 aromatic heterocycles. The van der Waals surface area contributed by atoms with Crippen molar-refractivity contribution in [2.45, 2.75) is 19.8 Å². The number of hydrogen-bond donors (Lipinski definition) is 1. The maximum Gasteiger partial charge on any atom is 3.00 e. The molecule has 0 unspecified atom stereocenters. The number of aliphatic hydroxyl groups is 1. The monoisotopic (exact) mass is 300 g/mol. The maximum absolute atomic E-state index is 8.07. The van der Waals surface area contributed by atoms with Gasteiger partial charge in [0.1, 0.15) is 0 Å². The quantitative estimate of drug-likeness (QED) is 0.503. The number of hydrogen-bond acceptors (Lipinski definition) is 1. The zero-order chi connectivity index (χ0) is 4.12. The van der Waals surface area contributed by atoms with Crippen molar-refractivity contribution in [1.82, 2.24) is 0 Å². The summed E-state index contributed by atoms with van der Waals surface area (Å²) in [6, 6.07) is 0. The molecule has 0 saturated carbocycles. The molecular weight excluding hydrogens is 292 g/mol. The van der Waals surface area contributed by atoms with Crippen molar-refractivity contribution in [3.05, 3.63) is 0 Å². The summed E-state index contributed by atoms with van der Waals surface area (Å²) >= 11 is 0. The topological polar surface area (TPSA) is 20.2 Å². The average Bonchev–Trinajstić information content (AvgIpc) is 1.41. The summed E-state index contributed by atoms with van der Waals surface area (Å²) in [6.45, 7) is 2.40. The maximum atomic E-state index is 8.07. The van der Waals surface area contributed by atoms with Crippen LogP contribution in [0.5, 0.6) is 0 Å². The van der Waals surface area contributed by atoms with Crippen LogP contribution in [0.15, 0.2) is 0 Å². The third-order valence-corrected chi connectivity index (χ3v) is 0.512. The van der Waals surface area contributed by atoms with Gasteiger partial charge in [0.2, 0.25) is 0 Å². The van der Waals surface area contributed by atoms with Gasteiger partial charge in [-0.15, -0.1) is 0 Å². The summed E-state index contributed by atoms with van der Waals surface area (Å²) in [5.41, 5.74) is 0. The normalized spacial score (nSPS) is 4.67. The Morgan fingerprint density at radius 3 is 1.44 bits per heavy atom. The van der Waals surface area contributed by atoms with Gasteiger partial charge in [-0.05, 0) is 6.42 Å². The second-order valence-corrected chi connectivity index (χ2v) is 1.08. The molecule has 0 aliphatic heterocycles. The van der Waals surface area contributed by atoms with E-state index in [-0.39, 0.29) is 61.6 Å². The Labute approximate surface area is 92.7 Å². The molecular formula is C4H10Cl3OSb. The van der Waals surface area contributed by atoms with Crippen LogP contribution in [0.2, 0.25) is 0 Å². The standard InChI is InChI=1S/C4H10O.3ClH.Sb/c1-2-3-4-5;;;;/h5H,2-4H2,1H3;3*1H;/q;;;;+3/p-3. The zero-order valence-corrected chi connectivity index (χ0v) is 9.97. The summed E-state index contributed by atoms with van der Waals surface area (Å²) in [7, 11) is 0. The molecule has 0 aliphatic carbocycles. The van der Waals surface area contributed by atoms with Gasteiger partial charge in [0.05, 0.1) is 0 Å². The minimum Gasteiger partial charge on any atom is -1.00 e. The third kappa shape index (κ3) is 42.4. The summed E-state index contributed by atoms with van der Waals surface area (Å²) < 4.78 is 0. The van der Waals surface area contributed by atoms with Gasteiger partial charge in [0.15, 0.2) is 0 Å². The van der Waals surface area contributed by atoms with E-state index >= 15 is 0 Å². The molecule has 0 heterocycles. The molecule has 9 heavy (non-hydrogen) atoms.